The molecule has 2 heterocycles. The van der Waals surface area contributed by atoms with Gasteiger partial charge in [0.1, 0.15) is 12.1 Å². The molecule has 7 nitrogen and oxygen atoms in total. The Kier molecular flexibility index (Phi) is 3.95. The van der Waals surface area contributed by atoms with Crippen LogP contribution in [0.25, 0.3) is 0 Å². The fraction of sp³-hybridized carbons (Fsp3) is 0.500. The molecule has 3 aliphatic rings. The maximum Gasteiger partial charge on any atom is 0.325 e. The third-order valence-corrected chi connectivity index (χ3v) is 5.43. The number of benzene rings is 1. The molecule has 2 atom stereocenters. The van der Waals surface area contributed by atoms with E-state index in [-0.39, 0.29) is 24.4 Å². The number of fused-ring (bicyclic) bond motifs is 2. The van der Waals surface area contributed by atoms with Gasteiger partial charge in [-0.15, -0.1) is 0 Å². The molecule has 7 heteroatoms. The molecule has 0 radical (unpaired) electrons. The minimum Gasteiger partial charge on any atom is -0.353 e. The summed E-state index contributed by atoms with van der Waals surface area (Å²) in [5.41, 5.74) is 0.933. The lowest BCUT2D eigenvalue weighted by molar-refractivity contribution is -0.135. The van der Waals surface area contributed by atoms with Gasteiger partial charge in [0.15, 0.2) is 0 Å². The summed E-state index contributed by atoms with van der Waals surface area (Å²) >= 11 is 0. The van der Waals surface area contributed by atoms with Gasteiger partial charge in [0.05, 0.1) is 0 Å². The molecule has 1 spiro atoms. The first-order valence-corrected chi connectivity index (χ1v) is 8.83. The van der Waals surface area contributed by atoms with Crippen molar-refractivity contribution in [2.45, 2.75) is 37.3 Å². The Morgan fingerprint density at radius 3 is 2.96 bits per heavy atom. The minimum atomic E-state index is -0.999. The van der Waals surface area contributed by atoms with Crippen LogP contribution in [0.1, 0.15) is 30.4 Å². The third kappa shape index (κ3) is 2.68. The fourth-order valence-corrected chi connectivity index (χ4v) is 4.10. The molecule has 2 unspecified atom stereocenters. The summed E-state index contributed by atoms with van der Waals surface area (Å²) in [4.78, 5) is 38.5. The summed E-state index contributed by atoms with van der Waals surface area (Å²) in [5, 5.41) is 8.95. The van der Waals surface area contributed by atoms with E-state index < -0.39 is 11.6 Å². The summed E-state index contributed by atoms with van der Waals surface area (Å²) in [7, 11) is 0. The zero-order valence-electron chi connectivity index (χ0n) is 14.0. The number of hydrogen-bond acceptors (Lipinski definition) is 4. The van der Waals surface area contributed by atoms with Crippen LogP contribution in [0.15, 0.2) is 24.3 Å². The van der Waals surface area contributed by atoms with Crippen LogP contribution in [0.2, 0.25) is 0 Å². The number of aryl methyl sites for hydroxylation is 1. The number of amides is 4. The average Bonchev–Trinajstić information content (AvgIpc) is 3.31. The molecule has 4 rings (SSSR count). The van der Waals surface area contributed by atoms with Gasteiger partial charge >= 0.3 is 6.03 Å². The van der Waals surface area contributed by atoms with E-state index in [0.29, 0.717) is 13.0 Å². The van der Waals surface area contributed by atoms with E-state index >= 15 is 0 Å². The first-order valence-electron chi connectivity index (χ1n) is 8.83. The number of nitrogens with zero attached hydrogens (tertiary/aromatic N) is 1. The zero-order valence-corrected chi connectivity index (χ0v) is 14.0. The maximum atomic E-state index is 12.9. The van der Waals surface area contributed by atoms with Crippen molar-refractivity contribution in [2.75, 3.05) is 19.6 Å². The second-order valence-electron chi connectivity index (χ2n) is 6.98. The molecule has 1 aromatic rings. The van der Waals surface area contributed by atoms with E-state index in [2.05, 4.69) is 16.0 Å². The first-order chi connectivity index (χ1) is 12.1. The average molecular weight is 342 g/mol. The number of nitrogens with one attached hydrogen (secondary N) is 3. The van der Waals surface area contributed by atoms with Gasteiger partial charge in [0.25, 0.3) is 5.91 Å². The van der Waals surface area contributed by atoms with Gasteiger partial charge in [0, 0.05) is 12.6 Å². The van der Waals surface area contributed by atoms with E-state index in [1.165, 1.54) is 0 Å². The lowest BCUT2D eigenvalue weighted by Gasteiger charge is -2.22. The highest BCUT2D eigenvalue weighted by atomic mass is 16.2. The number of rotatable bonds is 4. The van der Waals surface area contributed by atoms with Crippen molar-refractivity contribution in [3.8, 4) is 0 Å². The van der Waals surface area contributed by atoms with E-state index in [9.17, 15) is 14.4 Å². The van der Waals surface area contributed by atoms with Crippen molar-refractivity contribution in [1.29, 1.82) is 0 Å². The number of urea groups is 1. The maximum absolute atomic E-state index is 12.9. The van der Waals surface area contributed by atoms with Crippen molar-refractivity contribution in [1.82, 2.24) is 20.9 Å². The second-order valence-corrected chi connectivity index (χ2v) is 6.98. The molecule has 1 aromatic carbocycles. The van der Waals surface area contributed by atoms with Crippen molar-refractivity contribution >= 4 is 17.8 Å². The van der Waals surface area contributed by atoms with Gasteiger partial charge in [-0.25, -0.2) is 4.79 Å². The van der Waals surface area contributed by atoms with Gasteiger partial charge < -0.3 is 16.0 Å². The van der Waals surface area contributed by atoms with Gasteiger partial charge in [-0.3, -0.25) is 14.5 Å². The normalized spacial score (nSPS) is 27.7. The fourth-order valence-electron chi connectivity index (χ4n) is 4.10. The molecule has 0 aromatic heterocycles. The number of imide groups is 1. The Hall–Kier alpha value is -2.41. The Bertz CT molecular complexity index is 729. The quantitative estimate of drug-likeness (QED) is 0.684. The third-order valence-electron chi connectivity index (χ3n) is 5.43. The largest absolute Gasteiger partial charge is 0.353 e. The highest BCUT2D eigenvalue weighted by Crippen LogP contribution is 2.41. The van der Waals surface area contributed by atoms with Crippen LogP contribution in [-0.2, 0) is 21.5 Å². The SMILES string of the molecule is O=C(CN1C(=O)NC2(CCc3ccccc32)C1=O)NCC1CCCN1. The molecular formula is C18H22N4O3. The molecule has 25 heavy (non-hydrogen) atoms. The Balaban J connectivity index is 1.44. The van der Waals surface area contributed by atoms with Crippen molar-refractivity contribution in [3.63, 3.8) is 0 Å². The molecule has 2 fully saturated rings. The molecule has 2 saturated heterocycles. The van der Waals surface area contributed by atoms with Gasteiger partial charge in [-0.1, -0.05) is 24.3 Å². The highest BCUT2D eigenvalue weighted by molar-refractivity contribution is 6.09. The van der Waals surface area contributed by atoms with Crippen LogP contribution in [0.4, 0.5) is 4.79 Å². The van der Waals surface area contributed by atoms with Gasteiger partial charge in [-0.05, 0) is 43.4 Å². The molecule has 2 aliphatic heterocycles. The predicted molar refractivity (Wildman–Crippen MR) is 90.7 cm³/mol. The topological polar surface area (TPSA) is 90.5 Å². The standard InChI is InChI=1S/C18H22N4O3/c23-15(20-10-13-5-3-9-19-13)11-22-16(24)18(21-17(22)25)8-7-12-4-1-2-6-14(12)18/h1-2,4,6,13,19H,3,5,7-11H2,(H,20,23)(H,21,25). The van der Waals surface area contributed by atoms with Crippen LogP contribution in [0, 0.1) is 0 Å². The lowest BCUT2D eigenvalue weighted by Crippen LogP contribution is -2.45. The van der Waals surface area contributed by atoms with Crippen molar-refractivity contribution < 1.29 is 14.4 Å². The molecule has 3 N–H and O–H groups in total. The molecular weight excluding hydrogens is 320 g/mol. The number of carbonyl (C=O) groups excluding carboxylic acids is 3. The first kappa shape index (κ1) is 16.1. The van der Waals surface area contributed by atoms with Crippen LogP contribution in [-0.4, -0.2) is 48.4 Å². The summed E-state index contributed by atoms with van der Waals surface area (Å²) in [6, 6.07) is 7.45. The second kappa shape index (κ2) is 6.15. The van der Waals surface area contributed by atoms with Crippen molar-refractivity contribution in [2.24, 2.45) is 0 Å². The lowest BCUT2D eigenvalue weighted by atomic mass is 9.92. The molecule has 0 saturated carbocycles. The highest BCUT2D eigenvalue weighted by Gasteiger charge is 2.55. The monoisotopic (exact) mass is 342 g/mol. The zero-order chi connectivity index (χ0) is 17.4. The van der Waals surface area contributed by atoms with Crippen molar-refractivity contribution in [3.05, 3.63) is 35.4 Å². The molecule has 132 valence electrons. The minimum absolute atomic E-state index is 0.235. The Morgan fingerprint density at radius 2 is 2.16 bits per heavy atom. The smallest absolute Gasteiger partial charge is 0.325 e. The number of hydrogen-bond donors (Lipinski definition) is 3. The predicted octanol–water partition coefficient (Wildman–Crippen LogP) is 0.248. The van der Waals surface area contributed by atoms with E-state index in [1.807, 2.05) is 24.3 Å². The van der Waals surface area contributed by atoms with Crippen LogP contribution < -0.4 is 16.0 Å². The Morgan fingerprint density at radius 1 is 1.32 bits per heavy atom. The Labute approximate surface area is 146 Å². The van der Waals surface area contributed by atoms with Crippen LogP contribution >= 0.6 is 0 Å². The summed E-state index contributed by atoms with van der Waals surface area (Å²) in [6.07, 6.45) is 3.43. The summed E-state index contributed by atoms with van der Waals surface area (Å²) in [5.74, 6) is -0.628. The van der Waals surface area contributed by atoms with E-state index in [1.54, 1.807) is 0 Å². The van der Waals surface area contributed by atoms with Gasteiger partial charge in [0.2, 0.25) is 5.91 Å². The number of carbonyl (C=O) groups is 3. The van der Waals surface area contributed by atoms with Crippen LogP contribution in [0.3, 0.4) is 0 Å². The molecule has 1 aliphatic carbocycles. The molecule has 4 amide bonds. The summed E-state index contributed by atoms with van der Waals surface area (Å²) < 4.78 is 0. The van der Waals surface area contributed by atoms with Crippen LogP contribution in [0.5, 0.6) is 0 Å². The van der Waals surface area contributed by atoms with Gasteiger partial charge in [-0.2, -0.15) is 0 Å². The van der Waals surface area contributed by atoms with E-state index in [0.717, 1.165) is 41.8 Å². The van der Waals surface area contributed by atoms with E-state index in [4.69, 9.17) is 0 Å². The summed E-state index contributed by atoms with van der Waals surface area (Å²) in [6.45, 7) is 1.26. The molecule has 0 bridgehead atoms.